The third-order valence-electron chi connectivity index (χ3n) is 6.48. The number of carbonyl (C=O) groups is 1. The van der Waals surface area contributed by atoms with E-state index in [-0.39, 0.29) is 16.0 Å². The molecule has 2 N–H and O–H groups in total. The maximum atomic E-state index is 13.5. The Labute approximate surface area is 239 Å². The summed E-state index contributed by atoms with van der Waals surface area (Å²) in [6.07, 6.45) is -4.21. The summed E-state index contributed by atoms with van der Waals surface area (Å²) in [5.41, 5.74) is 0.564. The molecule has 5 rings (SSSR count). The van der Waals surface area contributed by atoms with Gasteiger partial charge < -0.3 is 9.73 Å². The predicted molar refractivity (Wildman–Crippen MR) is 152 cm³/mol. The van der Waals surface area contributed by atoms with Gasteiger partial charge in [0.25, 0.3) is 0 Å². The minimum absolute atomic E-state index is 0.0119. The molecule has 7 nitrogen and oxygen atoms in total. The van der Waals surface area contributed by atoms with Gasteiger partial charge in [-0.3, -0.25) is 14.6 Å². The minimum Gasteiger partial charge on any atom is -0.422 e. The molecule has 0 radical (unpaired) electrons. The Morgan fingerprint density at radius 3 is 2.59 bits per heavy atom. The van der Waals surface area contributed by atoms with Crippen LogP contribution in [0.5, 0.6) is 0 Å². The van der Waals surface area contributed by atoms with E-state index in [1.165, 1.54) is 18.2 Å². The summed E-state index contributed by atoms with van der Waals surface area (Å²) in [7, 11) is 0. The topological polar surface area (TPSA) is 105 Å². The number of aromatic nitrogens is 2. The van der Waals surface area contributed by atoms with E-state index in [0.717, 1.165) is 29.2 Å². The van der Waals surface area contributed by atoms with Crippen molar-refractivity contribution in [2.45, 2.75) is 32.4 Å². The Morgan fingerprint density at radius 1 is 1.07 bits per heavy atom. The number of anilines is 1. The second-order valence-corrected chi connectivity index (χ2v) is 10.5. The number of nitrogens with zero attached hydrogens (tertiary/aromatic N) is 1. The molecular weight excluding hydrogens is 579 g/mol. The number of fused-ring (bicyclic) bond motifs is 1. The maximum absolute atomic E-state index is 13.5. The molecule has 0 aliphatic rings. The minimum atomic E-state index is -4.68. The molecule has 0 bridgehead atoms. The van der Waals surface area contributed by atoms with Crippen molar-refractivity contribution in [3.8, 4) is 11.1 Å². The Kier molecular flexibility index (Phi) is 7.83. The second kappa shape index (κ2) is 11.3. The van der Waals surface area contributed by atoms with E-state index in [0.29, 0.717) is 45.8 Å². The van der Waals surface area contributed by atoms with E-state index < -0.39 is 35.4 Å². The molecule has 0 aliphatic carbocycles. The first-order chi connectivity index (χ1) is 19.5. The van der Waals surface area contributed by atoms with Crippen molar-refractivity contribution in [2.75, 3.05) is 5.32 Å². The van der Waals surface area contributed by atoms with Gasteiger partial charge in [-0.1, -0.05) is 48.0 Å². The summed E-state index contributed by atoms with van der Waals surface area (Å²) in [6.45, 7) is 1.78. The number of H-pyrrole nitrogens is 1. The number of amides is 1. The maximum Gasteiger partial charge on any atom is 0.418 e. The van der Waals surface area contributed by atoms with Crippen LogP contribution in [0, 0.1) is 6.92 Å². The fourth-order valence-electron chi connectivity index (χ4n) is 4.57. The number of para-hydroxylation sites is 1. The zero-order valence-electron chi connectivity index (χ0n) is 21.4. The second-order valence-electron chi connectivity index (χ2n) is 9.35. The van der Waals surface area contributed by atoms with Crippen LogP contribution in [0.3, 0.4) is 0 Å². The van der Waals surface area contributed by atoms with Crippen LogP contribution in [-0.4, -0.2) is 15.3 Å². The number of aryl methyl sites for hydroxylation is 3. The summed E-state index contributed by atoms with van der Waals surface area (Å²) in [5.74, 6) is -0.262. The van der Waals surface area contributed by atoms with Crippen LogP contribution in [0.15, 0.2) is 74.7 Å². The number of rotatable bonds is 7. The lowest BCUT2D eigenvalue weighted by molar-refractivity contribution is -0.137. The van der Waals surface area contributed by atoms with Crippen molar-refractivity contribution >= 4 is 45.7 Å². The number of hydrogen-bond donors (Lipinski definition) is 2. The molecule has 0 saturated heterocycles. The molecule has 210 valence electrons. The Morgan fingerprint density at radius 2 is 1.85 bits per heavy atom. The quantitative estimate of drug-likeness (QED) is 0.206. The van der Waals surface area contributed by atoms with Crippen LogP contribution in [0.25, 0.3) is 22.1 Å². The lowest BCUT2D eigenvalue weighted by Gasteiger charge is -2.16. The van der Waals surface area contributed by atoms with Crippen molar-refractivity contribution in [1.29, 1.82) is 0 Å². The number of nitrogens with one attached hydrogen (secondary N) is 2. The molecule has 41 heavy (non-hydrogen) atoms. The molecule has 0 aliphatic heterocycles. The standard InChI is InChI=1S/C29H21ClF3N3O4S/c1-15-11-18-23(14-21(15)30)40-27(38)19(13-25(37)34-22-8-3-2-7-20(22)29(31,32)33)26(18)17-6-4-5-16(12-17)9-10-24-35-28(39)41-36-24/h2-8,11-12,14H,9-10,13H2,1H3,(H,34,37)(H,35,36,39). The van der Waals surface area contributed by atoms with Crippen LogP contribution in [0.1, 0.15) is 28.1 Å². The average Bonchev–Trinajstić information content (AvgIpc) is 3.34. The van der Waals surface area contributed by atoms with Crippen LogP contribution in [0.4, 0.5) is 18.9 Å². The summed E-state index contributed by atoms with van der Waals surface area (Å²) in [5, 5.41) is 3.20. The molecule has 0 unspecified atom stereocenters. The molecule has 2 heterocycles. The SMILES string of the molecule is Cc1cc2c(-c3cccc(CCc4nsc(=O)[nH]4)c3)c(CC(=O)Nc3ccccc3C(F)(F)F)c(=O)oc2cc1Cl. The Bertz CT molecular complexity index is 1900. The van der Waals surface area contributed by atoms with Crippen molar-refractivity contribution in [1.82, 2.24) is 9.36 Å². The monoisotopic (exact) mass is 599 g/mol. The number of carbonyl (C=O) groups excluding carboxylic acids is 1. The summed E-state index contributed by atoms with van der Waals surface area (Å²) >= 11 is 7.12. The van der Waals surface area contributed by atoms with Gasteiger partial charge in [-0.2, -0.15) is 17.5 Å². The fourth-order valence-corrected chi connectivity index (χ4v) is 5.21. The molecular formula is C29H21ClF3N3O4S. The van der Waals surface area contributed by atoms with Crippen molar-refractivity contribution in [3.63, 3.8) is 0 Å². The summed E-state index contributed by atoms with van der Waals surface area (Å²) < 4.78 is 50.0. The first kappa shape index (κ1) is 28.3. The Balaban J connectivity index is 1.57. The molecule has 1 amide bonds. The van der Waals surface area contributed by atoms with Crippen molar-refractivity contribution in [2.24, 2.45) is 0 Å². The molecule has 12 heteroatoms. The third kappa shape index (κ3) is 6.26. The largest absolute Gasteiger partial charge is 0.422 e. The van der Waals surface area contributed by atoms with Gasteiger partial charge in [-0.25, -0.2) is 4.79 Å². The Hall–Kier alpha value is -4.22. The van der Waals surface area contributed by atoms with Crippen LogP contribution in [0.2, 0.25) is 5.02 Å². The number of aromatic amines is 1. The van der Waals surface area contributed by atoms with Gasteiger partial charge >= 0.3 is 16.7 Å². The average molecular weight is 600 g/mol. The summed E-state index contributed by atoms with van der Waals surface area (Å²) in [4.78, 5) is 40.1. The number of benzene rings is 3. The molecule has 2 aromatic heterocycles. The number of alkyl halides is 3. The van der Waals surface area contributed by atoms with Crippen LogP contribution < -0.4 is 15.8 Å². The highest BCUT2D eigenvalue weighted by Crippen LogP contribution is 2.36. The van der Waals surface area contributed by atoms with E-state index in [9.17, 15) is 27.6 Å². The van der Waals surface area contributed by atoms with Crippen LogP contribution >= 0.6 is 23.1 Å². The molecule has 0 atom stereocenters. The molecule has 5 aromatic rings. The van der Waals surface area contributed by atoms with Gasteiger partial charge in [0.05, 0.1) is 23.2 Å². The predicted octanol–water partition coefficient (Wildman–Crippen LogP) is 6.55. The van der Waals surface area contributed by atoms with E-state index in [4.69, 9.17) is 16.0 Å². The van der Waals surface area contributed by atoms with E-state index in [1.807, 2.05) is 12.1 Å². The van der Waals surface area contributed by atoms with Gasteiger partial charge in [0.1, 0.15) is 11.4 Å². The lowest BCUT2D eigenvalue weighted by Crippen LogP contribution is -2.22. The first-order valence-electron chi connectivity index (χ1n) is 12.4. The van der Waals surface area contributed by atoms with Crippen LogP contribution in [-0.2, 0) is 30.2 Å². The lowest BCUT2D eigenvalue weighted by atomic mass is 9.92. The highest BCUT2D eigenvalue weighted by Gasteiger charge is 2.33. The molecule has 3 aromatic carbocycles. The van der Waals surface area contributed by atoms with Gasteiger partial charge in [-0.15, -0.1) is 0 Å². The van der Waals surface area contributed by atoms with E-state index >= 15 is 0 Å². The van der Waals surface area contributed by atoms with Gasteiger partial charge in [0.15, 0.2) is 0 Å². The zero-order chi connectivity index (χ0) is 29.3. The fraction of sp³-hybridized carbons (Fsp3) is 0.172. The van der Waals surface area contributed by atoms with Gasteiger partial charge in [0, 0.05) is 40.0 Å². The zero-order valence-corrected chi connectivity index (χ0v) is 23.0. The molecule has 0 spiro atoms. The smallest absolute Gasteiger partial charge is 0.418 e. The number of halogens is 4. The highest BCUT2D eigenvalue weighted by atomic mass is 35.5. The summed E-state index contributed by atoms with van der Waals surface area (Å²) in [6, 6.07) is 15.2. The van der Waals surface area contributed by atoms with Crippen molar-refractivity contribution in [3.05, 3.63) is 114 Å². The van der Waals surface area contributed by atoms with Gasteiger partial charge in [0.2, 0.25) is 5.91 Å². The molecule has 0 fully saturated rings. The van der Waals surface area contributed by atoms with Gasteiger partial charge in [-0.05, 0) is 48.2 Å². The normalized spacial score (nSPS) is 11.6. The van der Waals surface area contributed by atoms with E-state index in [1.54, 1.807) is 25.1 Å². The van der Waals surface area contributed by atoms with Crippen molar-refractivity contribution < 1.29 is 22.4 Å². The number of hydrogen-bond acceptors (Lipinski definition) is 6. The third-order valence-corrected chi connectivity index (χ3v) is 7.46. The van der Waals surface area contributed by atoms with E-state index in [2.05, 4.69) is 14.7 Å². The molecule has 0 saturated carbocycles. The first-order valence-corrected chi connectivity index (χ1v) is 13.5. The highest BCUT2D eigenvalue weighted by molar-refractivity contribution is 7.02.